The quantitative estimate of drug-likeness (QED) is 0.794. The number of carbonyl (C=O) groups is 2. The molecule has 1 aromatic heterocycles. The van der Waals surface area contributed by atoms with Gasteiger partial charge in [-0.05, 0) is 43.5 Å². The standard InChI is InChI=1S/C20H23BrN4O2/c1-13-10-16(6-7-17(13)21)24-12-14(11-19(24)26)20(27)23-18-8-9-22-25(18)15-4-2-3-5-15/h6-10,14-15H,2-5,11-12H2,1H3,(H,23,27). The fourth-order valence-corrected chi connectivity index (χ4v) is 4.26. The van der Waals surface area contributed by atoms with E-state index in [-0.39, 0.29) is 24.2 Å². The van der Waals surface area contributed by atoms with Gasteiger partial charge in [0.05, 0.1) is 18.2 Å². The Morgan fingerprint density at radius 3 is 2.78 bits per heavy atom. The molecular weight excluding hydrogens is 408 g/mol. The predicted octanol–water partition coefficient (Wildman–Crippen LogP) is 4.06. The maximum Gasteiger partial charge on any atom is 0.230 e. The molecule has 1 saturated carbocycles. The number of aryl methyl sites for hydroxylation is 1. The molecule has 4 rings (SSSR count). The van der Waals surface area contributed by atoms with Crippen LogP contribution in [0.3, 0.4) is 0 Å². The van der Waals surface area contributed by atoms with E-state index in [0.29, 0.717) is 12.6 Å². The SMILES string of the molecule is Cc1cc(N2CC(C(=O)Nc3ccnn3C3CCCC3)CC2=O)ccc1Br. The van der Waals surface area contributed by atoms with Gasteiger partial charge in [0, 0.05) is 29.2 Å². The van der Waals surface area contributed by atoms with E-state index < -0.39 is 0 Å². The Balaban J connectivity index is 1.45. The zero-order chi connectivity index (χ0) is 19.0. The van der Waals surface area contributed by atoms with Crippen LogP contribution in [0.15, 0.2) is 34.9 Å². The minimum absolute atomic E-state index is 0.0128. The molecule has 142 valence electrons. The number of amides is 2. The first-order valence-corrected chi connectivity index (χ1v) is 10.2. The summed E-state index contributed by atoms with van der Waals surface area (Å²) in [5, 5.41) is 7.39. The normalized spacial score (nSPS) is 20.4. The lowest BCUT2D eigenvalue weighted by Gasteiger charge is -2.18. The van der Waals surface area contributed by atoms with Gasteiger partial charge in [0.25, 0.3) is 0 Å². The molecule has 2 aromatic rings. The van der Waals surface area contributed by atoms with Crippen LogP contribution in [0.1, 0.15) is 43.7 Å². The van der Waals surface area contributed by atoms with E-state index in [1.54, 1.807) is 11.1 Å². The number of halogens is 1. The third-order valence-corrected chi connectivity index (χ3v) is 6.43. The maximum absolute atomic E-state index is 12.8. The molecule has 27 heavy (non-hydrogen) atoms. The molecule has 2 heterocycles. The number of benzene rings is 1. The molecule has 7 heteroatoms. The summed E-state index contributed by atoms with van der Waals surface area (Å²) in [4.78, 5) is 27.0. The van der Waals surface area contributed by atoms with Crippen molar-refractivity contribution in [1.82, 2.24) is 9.78 Å². The molecule has 1 N–H and O–H groups in total. The summed E-state index contributed by atoms with van der Waals surface area (Å²) in [7, 11) is 0. The monoisotopic (exact) mass is 430 g/mol. The fraction of sp³-hybridized carbons (Fsp3) is 0.450. The molecule has 0 bridgehead atoms. The number of hydrogen-bond donors (Lipinski definition) is 1. The first-order valence-electron chi connectivity index (χ1n) is 9.44. The van der Waals surface area contributed by atoms with Crippen molar-refractivity contribution in [2.24, 2.45) is 5.92 Å². The van der Waals surface area contributed by atoms with Gasteiger partial charge in [-0.2, -0.15) is 5.10 Å². The summed E-state index contributed by atoms with van der Waals surface area (Å²) in [6.07, 6.45) is 6.57. The van der Waals surface area contributed by atoms with Crippen LogP contribution in [0.25, 0.3) is 0 Å². The van der Waals surface area contributed by atoms with Gasteiger partial charge in [-0.1, -0.05) is 28.8 Å². The van der Waals surface area contributed by atoms with Crippen molar-refractivity contribution in [2.45, 2.75) is 45.1 Å². The van der Waals surface area contributed by atoms with Crippen molar-refractivity contribution in [3.8, 4) is 0 Å². The number of aromatic nitrogens is 2. The van der Waals surface area contributed by atoms with E-state index in [9.17, 15) is 9.59 Å². The summed E-state index contributed by atoms with van der Waals surface area (Å²) >= 11 is 3.48. The highest BCUT2D eigenvalue weighted by Crippen LogP contribution is 2.32. The second-order valence-corrected chi connectivity index (χ2v) is 8.28. The van der Waals surface area contributed by atoms with Crippen molar-refractivity contribution in [2.75, 3.05) is 16.8 Å². The van der Waals surface area contributed by atoms with E-state index in [2.05, 4.69) is 26.3 Å². The lowest BCUT2D eigenvalue weighted by Crippen LogP contribution is -2.29. The first-order chi connectivity index (χ1) is 13.0. The topological polar surface area (TPSA) is 67.2 Å². The molecule has 1 atom stereocenters. The Bertz CT molecular complexity index is 873. The molecule has 2 aliphatic rings. The smallest absolute Gasteiger partial charge is 0.230 e. The Labute approximate surface area is 167 Å². The van der Waals surface area contributed by atoms with E-state index in [1.165, 1.54) is 12.8 Å². The molecule has 1 saturated heterocycles. The van der Waals surface area contributed by atoms with Crippen LogP contribution in [0.5, 0.6) is 0 Å². The van der Waals surface area contributed by atoms with Gasteiger partial charge in [0.15, 0.2) is 0 Å². The minimum atomic E-state index is -0.353. The first kappa shape index (κ1) is 18.2. The average Bonchev–Trinajstić information content (AvgIpc) is 3.37. The van der Waals surface area contributed by atoms with Crippen LogP contribution in [0.2, 0.25) is 0 Å². The van der Waals surface area contributed by atoms with Gasteiger partial charge in [0.1, 0.15) is 5.82 Å². The van der Waals surface area contributed by atoms with Crippen molar-refractivity contribution < 1.29 is 9.59 Å². The highest BCUT2D eigenvalue weighted by Gasteiger charge is 2.35. The number of nitrogens with zero attached hydrogens (tertiary/aromatic N) is 3. The third-order valence-electron chi connectivity index (χ3n) is 5.54. The van der Waals surface area contributed by atoms with Crippen molar-refractivity contribution in [3.63, 3.8) is 0 Å². The maximum atomic E-state index is 12.8. The van der Waals surface area contributed by atoms with E-state index in [1.807, 2.05) is 35.9 Å². The van der Waals surface area contributed by atoms with E-state index in [4.69, 9.17) is 0 Å². The van der Waals surface area contributed by atoms with Crippen LogP contribution in [-0.4, -0.2) is 28.1 Å². The summed E-state index contributed by atoms with van der Waals surface area (Å²) in [5.74, 6) is 0.256. The minimum Gasteiger partial charge on any atom is -0.312 e. The largest absolute Gasteiger partial charge is 0.312 e. The predicted molar refractivity (Wildman–Crippen MR) is 108 cm³/mol. The molecule has 0 radical (unpaired) electrons. The number of hydrogen-bond acceptors (Lipinski definition) is 3. The van der Waals surface area contributed by atoms with Crippen LogP contribution in [-0.2, 0) is 9.59 Å². The summed E-state index contributed by atoms with van der Waals surface area (Å²) in [6, 6.07) is 8.01. The van der Waals surface area contributed by atoms with Gasteiger partial charge in [-0.15, -0.1) is 0 Å². The Morgan fingerprint density at radius 2 is 2.04 bits per heavy atom. The van der Waals surface area contributed by atoms with Gasteiger partial charge in [-0.3, -0.25) is 9.59 Å². The molecule has 2 fully saturated rings. The lowest BCUT2D eigenvalue weighted by molar-refractivity contribution is -0.122. The number of carbonyl (C=O) groups excluding carboxylic acids is 2. The van der Waals surface area contributed by atoms with Crippen molar-refractivity contribution in [3.05, 3.63) is 40.5 Å². The molecule has 1 aromatic carbocycles. The Kier molecular flexibility index (Phi) is 5.04. The molecule has 1 aliphatic carbocycles. The Morgan fingerprint density at radius 1 is 1.26 bits per heavy atom. The second-order valence-electron chi connectivity index (χ2n) is 7.43. The van der Waals surface area contributed by atoms with E-state index in [0.717, 1.165) is 34.4 Å². The van der Waals surface area contributed by atoms with Crippen LogP contribution in [0, 0.1) is 12.8 Å². The highest BCUT2D eigenvalue weighted by atomic mass is 79.9. The van der Waals surface area contributed by atoms with Crippen molar-refractivity contribution in [1.29, 1.82) is 0 Å². The van der Waals surface area contributed by atoms with Gasteiger partial charge < -0.3 is 10.2 Å². The molecule has 2 amide bonds. The lowest BCUT2D eigenvalue weighted by atomic mass is 10.1. The molecule has 1 aliphatic heterocycles. The molecule has 1 unspecified atom stereocenters. The molecule has 6 nitrogen and oxygen atoms in total. The van der Waals surface area contributed by atoms with E-state index >= 15 is 0 Å². The number of rotatable bonds is 4. The van der Waals surface area contributed by atoms with Gasteiger partial charge >= 0.3 is 0 Å². The Hall–Kier alpha value is -2.15. The average molecular weight is 431 g/mol. The second kappa shape index (κ2) is 7.46. The van der Waals surface area contributed by atoms with Crippen molar-refractivity contribution >= 4 is 39.2 Å². The third kappa shape index (κ3) is 3.65. The highest BCUT2D eigenvalue weighted by molar-refractivity contribution is 9.10. The van der Waals surface area contributed by atoms with Crippen LogP contribution < -0.4 is 10.2 Å². The molecular formula is C20H23BrN4O2. The molecule has 0 spiro atoms. The van der Waals surface area contributed by atoms with Gasteiger partial charge in [-0.25, -0.2) is 4.68 Å². The van der Waals surface area contributed by atoms with Crippen LogP contribution >= 0.6 is 15.9 Å². The summed E-state index contributed by atoms with van der Waals surface area (Å²) in [5.41, 5.74) is 1.90. The van der Waals surface area contributed by atoms with Gasteiger partial charge in [0.2, 0.25) is 11.8 Å². The van der Waals surface area contributed by atoms with Crippen LogP contribution in [0.4, 0.5) is 11.5 Å². The number of nitrogens with one attached hydrogen (secondary N) is 1. The summed E-state index contributed by atoms with van der Waals surface area (Å²) in [6.45, 7) is 2.39. The fourth-order valence-electron chi connectivity index (χ4n) is 4.01. The zero-order valence-electron chi connectivity index (χ0n) is 15.3. The number of anilines is 2. The zero-order valence-corrected chi connectivity index (χ0v) is 16.9. The summed E-state index contributed by atoms with van der Waals surface area (Å²) < 4.78 is 2.93.